The Balaban J connectivity index is 2.65. The molecule has 1 aliphatic rings. The molecular weight excluding hydrogens is 1070 g/mol. The molecule has 1 saturated heterocycles. The van der Waals surface area contributed by atoms with Crippen molar-refractivity contribution in [1.29, 1.82) is 0 Å². The van der Waals surface area contributed by atoms with Crippen LogP contribution in [0.3, 0.4) is 0 Å². The van der Waals surface area contributed by atoms with Crippen molar-refractivity contribution >= 4 is 23.9 Å². The van der Waals surface area contributed by atoms with E-state index in [1.165, 1.54) is 128 Å². The number of hydrogen-bond donors (Lipinski definition) is 3. The Morgan fingerprint density at radius 1 is 0.400 bits per heavy atom. The van der Waals surface area contributed by atoms with Crippen LogP contribution >= 0.6 is 0 Å². The number of aliphatic carboxylic acids is 1. The van der Waals surface area contributed by atoms with Gasteiger partial charge >= 0.3 is 23.9 Å². The average molecular weight is 1190 g/mol. The van der Waals surface area contributed by atoms with E-state index in [0.717, 1.165) is 116 Å². The van der Waals surface area contributed by atoms with Crippen LogP contribution in [0.2, 0.25) is 0 Å². The molecule has 0 aliphatic carbocycles. The molecule has 6 atom stereocenters. The number of ether oxygens (including phenoxy) is 5. The zero-order chi connectivity index (χ0) is 61.7. The fraction of sp³-hybridized carbons (Fsp3) is 0.753. The molecule has 6 unspecified atom stereocenters. The number of rotatable bonds is 59. The van der Waals surface area contributed by atoms with Crippen LogP contribution in [0.4, 0.5) is 0 Å². The van der Waals surface area contributed by atoms with Gasteiger partial charge in [-0.25, -0.2) is 4.79 Å². The van der Waals surface area contributed by atoms with Gasteiger partial charge in [-0.3, -0.25) is 14.4 Å². The minimum absolute atomic E-state index is 0.0532. The Morgan fingerprint density at radius 3 is 1.16 bits per heavy atom. The van der Waals surface area contributed by atoms with Gasteiger partial charge in [-0.2, -0.15) is 0 Å². The predicted octanol–water partition coefficient (Wildman–Crippen LogP) is 19.0. The molecule has 0 aromatic carbocycles. The summed E-state index contributed by atoms with van der Waals surface area (Å²) in [5.41, 5.74) is 0. The number of aliphatic hydroxyl groups excluding tert-OH is 2. The number of carboxylic acids is 1. The minimum atomic E-state index is -1.91. The third-order valence-corrected chi connectivity index (χ3v) is 15.4. The molecule has 0 spiro atoms. The molecule has 12 nitrogen and oxygen atoms in total. The van der Waals surface area contributed by atoms with Crippen molar-refractivity contribution in [3.8, 4) is 0 Å². The van der Waals surface area contributed by atoms with Crippen molar-refractivity contribution in [2.75, 3.05) is 13.2 Å². The van der Waals surface area contributed by atoms with E-state index in [0.29, 0.717) is 19.3 Å². The van der Waals surface area contributed by atoms with E-state index in [1.807, 2.05) is 0 Å². The number of carbonyl (C=O) groups is 4. The maximum absolute atomic E-state index is 13.2. The van der Waals surface area contributed by atoms with E-state index < -0.39 is 67.3 Å². The lowest BCUT2D eigenvalue weighted by Crippen LogP contribution is -2.61. The summed E-state index contributed by atoms with van der Waals surface area (Å²) in [5.74, 6) is -3.15. The van der Waals surface area contributed by atoms with Crippen LogP contribution in [-0.4, -0.2) is 89.2 Å². The van der Waals surface area contributed by atoms with Crippen LogP contribution in [0.25, 0.3) is 0 Å². The summed E-state index contributed by atoms with van der Waals surface area (Å²) in [6, 6.07) is 0. The predicted molar refractivity (Wildman–Crippen MR) is 349 cm³/mol. The first kappa shape index (κ1) is 78.9. The summed E-state index contributed by atoms with van der Waals surface area (Å²) >= 11 is 0. The highest BCUT2D eigenvalue weighted by molar-refractivity contribution is 5.74. The lowest BCUT2D eigenvalue weighted by molar-refractivity contribution is -0.301. The van der Waals surface area contributed by atoms with Gasteiger partial charge in [0.15, 0.2) is 24.6 Å². The molecule has 0 radical (unpaired) electrons. The van der Waals surface area contributed by atoms with Crippen LogP contribution < -0.4 is 0 Å². The molecular formula is C73H124O12. The average Bonchev–Trinajstić information content (AvgIpc) is 3.53. The number of carbonyl (C=O) groups excluding carboxylic acids is 3. The van der Waals surface area contributed by atoms with E-state index >= 15 is 0 Å². The molecule has 85 heavy (non-hydrogen) atoms. The molecule has 0 bridgehead atoms. The van der Waals surface area contributed by atoms with Crippen molar-refractivity contribution in [2.24, 2.45) is 0 Å². The van der Waals surface area contributed by atoms with Gasteiger partial charge in [-0.1, -0.05) is 254 Å². The number of unbranched alkanes of at least 4 members (excludes halogenated alkanes) is 31. The van der Waals surface area contributed by atoms with Crippen LogP contribution in [0.15, 0.2) is 85.1 Å². The fourth-order valence-electron chi connectivity index (χ4n) is 10.2. The minimum Gasteiger partial charge on any atom is -0.479 e. The quantitative estimate of drug-likeness (QED) is 0.0228. The van der Waals surface area contributed by atoms with Crippen molar-refractivity contribution in [3.05, 3.63) is 85.1 Å². The monoisotopic (exact) mass is 1190 g/mol. The summed E-state index contributed by atoms with van der Waals surface area (Å²) in [4.78, 5) is 51.5. The second-order valence-corrected chi connectivity index (χ2v) is 23.4. The molecule has 3 N–H and O–H groups in total. The van der Waals surface area contributed by atoms with Gasteiger partial charge in [0.1, 0.15) is 18.8 Å². The molecule has 0 aromatic rings. The Bertz CT molecular complexity index is 1800. The summed E-state index contributed by atoms with van der Waals surface area (Å²) in [6.07, 6.45) is 66.7. The maximum Gasteiger partial charge on any atom is 0.335 e. The summed E-state index contributed by atoms with van der Waals surface area (Å²) in [7, 11) is 0. The van der Waals surface area contributed by atoms with Gasteiger partial charge in [0.05, 0.1) is 6.61 Å². The van der Waals surface area contributed by atoms with Crippen molar-refractivity contribution in [3.63, 3.8) is 0 Å². The van der Waals surface area contributed by atoms with Crippen LogP contribution in [0.1, 0.15) is 303 Å². The number of aliphatic hydroxyl groups is 2. The normalized spacial score (nSPS) is 18.0. The standard InChI is InChI=1S/C73H124O12/c1-4-7-10-13-16-19-22-25-28-31-33-36-38-41-44-47-50-53-56-59-65(74)81-62-64(83-66(75)60-57-54-51-48-45-42-39-35-30-27-24-21-18-15-12-9-6-3)63-82-73-71(69(78)68(77)70(85-73)72(79)80)84-67(76)61-58-55-52-49-46-43-40-37-34-32-29-26-23-20-17-14-11-8-5-2/h9,12,16,18-19,21,25-30,39,42,64,68-71,73,77-78H,4-8,10-11,13-15,17,20,22-24,31-38,40-41,43-63H2,1-3H3,(H,79,80)/b12-9-,19-16-,21-18-,28-25-,29-26-,30-27-,42-39-. The molecule has 1 rings (SSSR count). The molecule has 1 heterocycles. The van der Waals surface area contributed by atoms with Crippen LogP contribution in [-0.2, 0) is 42.9 Å². The highest BCUT2D eigenvalue weighted by Crippen LogP contribution is 2.27. The summed E-state index contributed by atoms with van der Waals surface area (Å²) in [6.45, 7) is 5.87. The molecule has 1 fully saturated rings. The number of carboxylic acid groups (broad SMARTS) is 1. The van der Waals surface area contributed by atoms with E-state index in [9.17, 15) is 34.5 Å². The number of hydrogen-bond acceptors (Lipinski definition) is 11. The van der Waals surface area contributed by atoms with Crippen molar-refractivity contribution < 1.29 is 58.2 Å². The van der Waals surface area contributed by atoms with Gasteiger partial charge in [0.25, 0.3) is 0 Å². The Kier molecular flexibility index (Phi) is 55.9. The van der Waals surface area contributed by atoms with Crippen molar-refractivity contribution in [1.82, 2.24) is 0 Å². The first-order valence-electron chi connectivity index (χ1n) is 34.6. The Hall–Kier alpha value is -4.10. The van der Waals surface area contributed by atoms with Gasteiger partial charge in [-0.15, -0.1) is 0 Å². The lowest BCUT2D eigenvalue weighted by Gasteiger charge is -2.40. The van der Waals surface area contributed by atoms with E-state index in [2.05, 4.69) is 106 Å². The SMILES string of the molecule is CC/C=C\C/C=C\C/C=C\C/C=C\CCCCCCC(=O)OC(COC(=O)CCCCCCCCCCC/C=C\C/C=C\CCCCC)COC1OC(C(=O)O)C(O)C(O)C1OC(=O)CCCCCCCCCCC/C=C\CCCCCCCC. The van der Waals surface area contributed by atoms with Crippen molar-refractivity contribution in [2.45, 2.75) is 340 Å². The van der Waals surface area contributed by atoms with Crippen LogP contribution in [0.5, 0.6) is 0 Å². The fourth-order valence-corrected chi connectivity index (χ4v) is 10.2. The second kappa shape index (κ2) is 60.2. The maximum atomic E-state index is 13.2. The van der Waals surface area contributed by atoms with Gasteiger partial charge in [-0.05, 0) is 116 Å². The summed E-state index contributed by atoms with van der Waals surface area (Å²) in [5, 5.41) is 31.7. The van der Waals surface area contributed by atoms with E-state index in [-0.39, 0.29) is 25.9 Å². The Morgan fingerprint density at radius 2 is 0.741 bits per heavy atom. The smallest absolute Gasteiger partial charge is 0.335 e. The molecule has 12 heteroatoms. The first-order valence-corrected chi connectivity index (χ1v) is 34.6. The molecule has 488 valence electrons. The first-order chi connectivity index (χ1) is 41.6. The third-order valence-electron chi connectivity index (χ3n) is 15.4. The highest BCUT2D eigenvalue weighted by Gasteiger charge is 2.50. The molecule has 0 amide bonds. The van der Waals surface area contributed by atoms with Crippen LogP contribution in [0, 0.1) is 0 Å². The van der Waals surface area contributed by atoms with E-state index in [1.54, 1.807) is 0 Å². The van der Waals surface area contributed by atoms with Gasteiger partial charge in [0.2, 0.25) is 0 Å². The zero-order valence-corrected chi connectivity index (χ0v) is 54.1. The van der Waals surface area contributed by atoms with Gasteiger partial charge < -0.3 is 39.0 Å². The molecule has 1 aliphatic heterocycles. The second-order valence-electron chi connectivity index (χ2n) is 23.4. The third kappa shape index (κ3) is 49.6. The molecule has 0 saturated carbocycles. The van der Waals surface area contributed by atoms with E-state index in [4.69, 9.17) is 23.7 Å². The zero-order valence-electron chi connectivity index (χ0n) is 54.1. The highest BCUT2D eigenvalue weighted by atomic mass is 16.7. The summed E-state index contributed by atoms with van der Waals surface area (Å²) < 4.78 is 28.6. The Labute approximate surface area is 518 Å². The van der Waals surface area contributed by atoms with Gasteiger partial charge in [0, 0.05) is 19.3 Å². The number of allylic oxidation sites excluding steroid dienone is 14. The number of esters is 3. The molecule has 0 aromatic heterocycles. The largest absolute Gasteiger partial charge is 0.479 e. The lowest BCUT2D eigenvalue weighted by atomic mass is 9.98. The topological polar surface area (TPSA) is 175 Å².